The van der Waals surface area contributed by atoms with Gasteiger partial charge in [0.05, 0.1) is 11.1 Å². The summed E-state index contributed by atoms with van der Waals surface area (Å²) < 4.78 is 2.01. The van der Waals surface area contributed by atoms with E-state index in [1.165, 1.54) is 35.0 Å². The number of carbonyl (C=O) groups is 1. The number of aryl methyl sites for hydroxylation is 3. The highest BCUT2D eigenvalue weighted by molar-refractivity contribution is 7.99. The van der Waals surface area contributed by atoms with Gasteiger partial charge in [-0.25, -0.2) is 4.98 Å². The highest BCUT2D eigenvalue weighted by Gasteiger charge is 2.22. The maximum absolute atomic E-state index is 12.4. The Hall–Kier alpha value is -2.25. The first-order chi connectivity index (χ1) is 13.2. The van der Waals surface area contributed by atoms with E-state index in [-0.39, 0.29) is 5.78 Å². The molecule has 3 heterocycles. The van der Waals surface area contributed by atoms with Crippen LogP contribution in [-0.2, 0) is 12.8 Å². The Morgan fingerprint density at radius 3 is 2.85 bits per heavy atom. The summed E-state index contributed by atoms with van der Waals surface area (Å²) >= 11 is 3.23. The van der Waals surface area contributed by atoms with Crippen LogP contribution in [0.4, 0.5) is 0 Å². The third-order valence-corrected chi connectivity index (χ3v) is 7.14. The van der Waals surface area contributed by atoms with Gasteiger partial charge in [0.2, 0.25) is 0 Å². The molecule has 136 valence electrons. The van der Waals surface area contributed by atoms with Crippen molar-refractivity contribution in [2.24, 2.45) is 0 Å². The lowest BCUT2D eigenvalue weighted by molar-refractivity contribution is 0.102. The van der Waals surface area contributed by atoms with Gasteiger partial charge in [-0.15, -0.1) is 21.5 Å². The molecule has 5 rings (SSSR count). The number of hydrogen-bond acceptors (Lipinski definition) is 6. The number of carbonyl (C=O) groups excluding carboxylic acids is 1. The molecular weight excluding hydrogens is 376 g/mol. The van der Waals surface area contributed by atoms with Crippen LogP contribution >= 0.6 is 23.1 Å². The van der Waals surface area contributed by atoms with Crippen LogP contribution in [0.25, 0.3) is 15.9 Å². The van der Waals surface area contributed by atoms with Crippen LogP contribution < -0.4 is 0 Å². The second-order valence-corrected chi connectivity index (χ2v) is 8.80. The first-order valence-electron chi connectivity index (χ1n) is 9.09. The fourth-order valence-electron chi connectivity index (χ4n) is 3.71. The fourth-order valence-corrected chi connectivity index (χ4v) is 5.89. The molecule has 27 heavy (non-hydrogen) atoms. The van der Waals surface area contributed by atoms with Crippen molar-refractivity contribution in [2.45, 2.75) is 37.8 Å². The zero-order valence-corrected chi connectivity index (χ0v) is 16.6. The van der Waals surface area contributed by atoms with Crippen molar-refractivity contribution >= 4 is 44.7 Å². The molecule has 0 spiro atoms. The molecule has 0 radical (unpaired) electrons. The molecule has 0 saturated heterocycles. The van der Waals surface area contributed by atoms with Gasteiger partial charge in [-0.05, 0) is 38.2 Å². The van der Waals surface area contributed by atoms with Crippen LogP contribution in [-0.4, -0.2) is 31.1 Å². The lowest BCUT2D eigenvalue weighted by Gasteiger charge is -2.10. The molecule has 0 N–H and O–H groups in total. The highest BCUT2D eigenvalue weighted by atomic mass is 32.2. The molecule has 1 aliphatic rings. The van der Waals surface area contributed by atoms with E-state index in [1.54, 1.807) is 11.3 Å². The Kier molecular flexibility index (Phi) is 4.21. The van der Waals surface area contributed by atoms with Crippen LogP contribution in [0.15, 0.2) is 35.5 Å². The van der Waals surface area contributed by atoms with Crippen molar-refractivity contribution in [3.63, 3.8) is 0 Å². The summed E-state index contributed by atoms with van der Waals surface area (Å²) in [5.74, 6) is 1.30. The van der Waals surface area contributed by atoms with Gasteiger partial charge in [0.15, 0.2) is 16.6 Å². The average Bonchev–Trinajstić information content (AvgIpc) is 3.28. The minimum Gasteiger partial charge on any atom is -0.293 e. The number of thiophene rings is 1. The molecule has 7 heteroatoms. The Bertz CT molecular complexity index is 1160. The minimum absolute atomic E-state index is 0.0944. The van der Waals surface area contributed by atoms with Gasteiger partial charge in [-0.3, -0.25) is 9.20 Å². The Morgan fingerprint density at radius 2 is 2.00 bits per heavy atom. The molecule has 0 amide bonds. The molecule has 3 aromatic heterocycles. The van der Waals surface area contributed by atoms with E-state index in [1.807, 2.05) is 41.7 Å². The molecule has 0 atom stereocenters. The monoisotopic (exact) mass is 394 g/mol. The van der Waals surface area contributed by atoms with Crippen molar-refractivity contribution in [3.05, 3.63) is 52.2 Å². The summed E-state index contributed by atoms with van der Waals surface area (Å²) in [6.07, 6.45) is 4.71. The Labute approximate surface area is 164 Å². The first-order valence-corrected chi connectivity index (χ1v) is 10.9. The zero-order chi connectivity index (χ0) is 18.4. The maximum atomic E-state index is 12.4. The van der Waals surface area contributed by atoms with Crippen molar-refractivity contribution in [1.29, 1.82) is 0 Å². The maximum Gasteiger partial charge on any atom is 0.197 e. The Morgan fingerprint density at radius 1 is 1.19 bits per heavy atom. The largest absolute Gasteiger partial charge is 0.293 e. The number of aromatic nitrogens is 4. The number of Topliss-reactive ketones (excluding diaryl/α,β-unsaturated/α-hetero) is 1. The molecule has 0 unspecified atom stereocenters. The lowest BCUT2D eigenvalue weighted by Crippen LogP contribution is -2.04. The number of hydrogen-bond donors (Lipinski definition) is 0. The van der Waals surface area contributed by atoms with E-state index in [4.69, 9.17) is 4.98 Å². The van der Waals surface area contributed by atoms with Gasteiger partial charge in [-0.2, -0.15) is 0 Å². The molecule has 4 aromatic rings. The van der Waals surface area contributed by atoms with Crippen molar-refractivity contribution < 1.29 is 4.79 Å². The van der Waals surface area contributed by atoms with Crippen molar-refractivity contribution in [3.8, 4) is 0 Å². The van der Waals surface area contributed by atoms with Crippen LogP contribution in [0, 0.1) is 6.92 Å². The minimum atomic E-state index is 0.0944. The molecule has 0 saturated carbocycles. The number of ketones is 1. The van der Waals surface area contributed by atoms with E-state index < -0.39 is 0 Å². The molecular formula is C20H18N4OS2. The average molecular weight is 395 g/mol. The second kappa shape index (κ2) is 6.73. The number of thioether (sulfide) groups is 1. The summed E-state index contributed by atoms with van der Waals surface area (Å²) in [5, 5.41) is 10.8. The molecule has 5 nitrogen and oxygen atoms in total. The van der Waals surface area contributed by atoms with E-state index in [0.29, 0.717) is 5.75 Å². The quantitative estimate of drug-likeness (QED) is 0.377. The van der Waals surface area contributed by atoms with Gasteiger partial charge in [0.25, 0.3) is 0 Å². The number of benzene rings is 1. The van der Waals surface area contributed by atoms with Gasteiger partial charge < -0.3 is 0 Å². The van der Waals surface area contributed by atoms with Crippen LogP contribution in [0.1, 0.15) is 39.5 Å². The zero-order valence-electron chi connectivity index (χ0n) is 14.9. The molecule has 0 bridgehead atoms. The van der Waals surface area contributed by atoms with Gasteiger partial charge in [0, 0.05) is 10.4 Å². The fraction of sp³-hybridized carbons (Fsp3) is 0.300. The SMILES string of the molecule is Cc1nc2sc3c(c2c2nnc(SCC(=O)c4ccccc4)n12)CCCC3. The summed E-state index contributed by atoms with van der Waals surface area (Å²) in [4.78, 5) is 19.8. The first kappa shape index (κ1) is 16.9. The summed E-state index contributed by atoms with van der Waals surface area (Å²) in [6, 6.07) is 9.37. The van der Waals surface area contributed by atoms with Crippen LogP contribution in [0.3, 0.4) is 0 Å². The normalized spacial score (nSPS) is 14.0. The van der Waals surface area contributed by atoms with E-state index in [0.717, 1.165) is 45.2 Å². The topological polar surface area (TPSA) is 60.2 Å². The number of nitrogens with zero attached hydrogens (tertiary/aromatic N) is 4. The van der Waals surface area contributed by atoms with Crippen LogP contribution in [0.5, 0.6) is 0 Å². The summed E-state index contributed by atoms with van der Waals surface area (Å²) in [6.45, 7) is 1.98. The predicted octanol–water partition coefficient (Wildman–Crippen LogP) is 4.50. The van der Waals surface area contributed by atoms with Gasteiger partial charge in [0.1, 0.15) is 10.7 Å². The van der Waals surface area contributed by atoms with Gasteiger partial charge in [-0.1, -0.05) is 42.1 Å². The van der Waals surface area contributed by atoms with Crippen LogP contribution in [0.2, 0.25) is 0 Å². The van der Waals surface area contributed by atoms with Crippen molar-refractivity contribution in [1.82, 2.24) is 19.6 Å². The Balaban J connectivity index is 1.53. The summed E-state index contributed by atoms with van der Waals surface area (Å²) in [7, 11) is 0. The molecule has 1 aromatic carbocycles. The second-order valence-electron chi connectivity index (χ2n) is 6.77. The third-order valence-electron chi connectivity index (χ3n) is 5.02. The summed E-state index contributed by atoms with van der Waals surface area (Å²) in [5.41, 5.74) is 3.01. The van der Waals surface area contributed by atoms with E-state index in [2.05, 4.69) is 10.2 Å². The highest BCUT2D eigenvalue weighted by Crippen LogP contribution is 2.38. The van der Waals surface area contributed by atoms with Gasteiger partial charge >= 0.3 is 0 Å². The predicted molar refractivity (Wildman–Crippen MR) is 109 cm³/mol. The lowest BCUT2D eigenvalue weighted by atomic mass is 9.97. The number of rotatable bonds is 4. The number of fused-ring (bicyclic) bond motifs is 5. The van der Waals surface area contributed by atoms with E-state index in [9.17, 15) is 4.79 Å². The third kappa shape index (κ3) is 2.85. The standard InChI is InChI=1S/C20H18N4OS2/c1-12-21-19-17(14-9-5-6-10-16(14)27-19)18-22-23-20(24(12)18)26-11-15(25)13-7-3-2-4-8-13/h2-4,7-8H,5-6,9-11H2,1H3. The molecule has 0 fully saturated rings. The molecule has 1 aliphatic carbocycles. The van der Waals surface area contributed by atoms with Crippen molar-refractivity contribution in [2.75, 3.05) is 5.75 Å². The molecule has 0 aliphatic heterocycles. The smallest absolute Gasteiger partial charge is 0.197 e. The van der Waals surface area contributed by atoms with E-state index >= 15 is 0 Å².